The van der Waals surface area contributed by atoms with Crippen LogP contribution in [0.3, 0.4) is 0 Å². The van der Waals surface area contributed by atoms with Crippen LogP contribution in [-0.2, 0) is 45.3 Å². The van der Waals surface area contributed by atoms with Gasteiger partial charge in [-0.05, 0) is 167 Å². The molecular formula is C65H83BS. The summed E-state index contributed by atoms with van der Waals surface area (Å²) >= 11 is 2.16. The van der Waals surface area contributed by atoms with Gasteiger partial charge in [-0.3, -0.25) is 0 Å². The van der Waals surface area contributed by atoms with Crippen LogP contribution in [0, 0.1) is 6.92 Å². The van der Waals surface area contributed by atoms with Crippen molar-refractivity contribution in [1.29, 1.82) is 0 Å². The van der Waals surface area contributed by atoms with E-state index >= 15 is 0 Å². The lowest BCUT2D eigenvalue weighted by Gasteiger charge is -2.42. The van der Waals surface area contributed by atoms with E-state index in [0.717, 1.165) is 12.8 Å². The summed E-state index contributed by atoms with van der Waals surface area (Å²) in [6, 6.07) is 35.8. The maximum Gasteiger partial charge on any atom is 0.244 e. The number of rotatable bonds is 4. The fraction of sp³-hybridized carbons (Fsp3) is 0.508. The molecule has 0 spiro atoms. The predicted octanol–water partition coefficient (Wildman–Crippen LogP) is 16.2. The first-order valence-electron chi connectivity index (χ1n) is 26.1. The van der Waals surface area contributed by atoms with Crippen molar-refractivity contribution in [3.05, 3.63) is 157 Å². The molecule has 67 heavy (non-hydrogen) atoms. The van der Waals surface area contributed by atoms with E-state index in [0.29, 0.717) is 23.7 Å². The van der Waals surface area contributed by atoms with Gasteiger partial charge in [0.15, 0.2) is 0 Å². The zero-order chi connectivity index (χ0) is 48.7. The van der Waals surface area contributed by atoms with Crippen LogP contribution in [-0.4, -0.2) is 6.71 Å². The van der Waals surface area contributed by atoms with Gasteiger partial charge in [-0.15, -0.1) is 11.3 Å². The van der Waals surface area contributed by atoms with Gasteiger partial charge in [0, 0.05) is 15.5 Å². The molecular weight excluding hydrogens is 824 g/mol. The molecule has 0 radical (unpaired) electrons. The minimum Gasteiger partial charge on any atom is -0.141 e. The second-order valence-corrected chi connectivity index (χ2v) is 28.5. The summed E-state index contributed by atoms with van der Waals surface area (Å²) in [6.07, 6.45) is 4.50. The Balaban J connectivity index is 1.39. The second-order valence-electron chi connectivity index (χ2n) is 27.4. The summed E-state index contributed by atoms with van der Waals surface area (Å²) in [5.74, 6) is 1.32. The van der Waals surface area contributed by atoms with Crippen LogP contribution < -0.4 is 16.4 Å². The zero-order valence-corrected chi connectivity index (χ0v) is 46.0. The average Bonchev–Trinajstić information content (AvgIpc) is 3.47. The van der Waals surface area contributed by atoms with E-state index in [9.17, 15) is 0 Å². The molecule has 6 aromatic rings. The summed E-state index contributed by atoms with van der Waals surface area (Å²) in [5.41, 5.74) is 23.3. The first kappa shape index (κ1) is 48.2. The third kappa shape index (κ3) is 8.44. The van der Waals surface area contributed by atoms with Crippen molar-refractivity contribution in [2.75, 3.05) is 0 Å². The van der Waals surface area contributed by atoms with E-state index in [1.165, 1.54) is 61.9 Å². The summed E-state index contributed by atoms with van der Waals surface area (Å²) in [6.45, 7) is 46.3. The van der Waals surface area contributed by atoms with Gasteiger partial charge < -0.3 is 0 Å². The van der Waals surface area contributed by atoms with E-state index in [-0.39, 0.29) is 39.2 Å². The smallest absolute Gasteiger partial charge is 0.141 e. The van der Waals surface area contributed by atoms with Crippen molar-refractivity contribution >= 4 is 44.5 Å². The standard InChI is InChI=1S/C65H83BS/c1-38-30-44(61(7,8)9)24-26-47(38)39(2)51-33-42-32-46(63(13,14)15)34-50-40(3)49(31-41-20-22-43(23-21-41)60(4,5)6)48-27-25-45(62(10,11)12)35-55(48)66(57(42)50)58-52-36-53-54(37-56(52)67-59(51)58)65(18,19)29-28-64(53,16)17/h20-27,30,32,34-37,39-40,49,51H,28-29,31,33H2,1-19H3/t39?,40?,49-,51?/m1/s1. The molecule has 0 amide bonds. The highest BCUT2D eigenvalue weighted by atomic mass is 32.1. The Morgan fingerprint density at radius 3 is 1.75 bits per heavy atom. The monoisotopic (exact) mass is 907 g/mol. The van der Waals surface area contributed by atoms with Gasteiger partial charge in [0.1, 0.15) is 0 Å². The molecule has 3 heterocycles. The van der Waals surface area contributed by atoms with Gasteiger partial charge in [0.05, 0.1) is 0 Å². The number of thiophene rings is 1. The molecule has 0 fully saturated rings. The van der Waals surface area contributed by atoms with E-state index in [1.54, 1.807) is 49.1 Å². The van der Waals surface area contributed by atoms with Gasteiger partial charge in [0.2, 0.25) is 6.71 Å². The molecule has 0 nitrogen and oxygen atoms in total. The van der Waals surface area contributed by atoms with Crippen LogP contribution in [0.2, 0.25) is 0 Å². The van der Waals surface area contributed by atoms with Gasteiger partial charge in [0.25, 0.3) is 0 Å². The number of benzene rings is 5. The molecule has 1 aliphatic carbocycles. The zero-order valence-electron chi connectivity index (χ0n) is 45.2. The van der Waals surface area contributed by atoms with Crippen molar-refractivity contribution in [3.8, 4) is 0 Å². The van der Waals surface area contributed by atoms with E-state index < -0.39 is 0 Å². The molecule has 0 saturated heterocycles. The van der Waals surface area contributed by atoms with Crippen molar-refractivity contribution in [2.45, 2.75) is 213 Å². The number of aryl methyl sites for hydroxylation is 1. The molecule has 9 rings (SSSR count). The highest BCUT2D eigenvalue weighted by Gasteiger charge is 2.46. The lowest BCUT2D eigenvalue weighted by molar-refractivity contribution is 0.332. The Morgan fingerprint density at radius 2 is 1.16 bits per heavy atom. The van der Waals surface area contributed by atoms with Crippen molar-refractivity contribution in [2.24, 2.45) is 0 Å². The Morgan fingerprint density at radius 1 is 0.612 bits per heavy atom. The lowest BCUT2D eigenvalue weighted by atomic mass is 9.34. The fourth-order valence-electron chi connectivity index (χ4n) is 12.7. The minimum atomic E-state index is 0.0132. The maximum atomic E-state index is 2.75. The molecule has 2 aliphatic heterocycles. The van der Waals surface area contributed by atoms with Crippen LogP contribution >= 0.6 is 11.3 Å². The molecule has 352 valence electrons. The summed E-state index contributed by atoms with van der Waals surface area (Å²) in [7, 11) is 0. The fourth-order valence-corrected chi connectivity index (χ4v) is 14.2. The Kier molecular flexibility index (Phi) is 11.6. The molecule has 3 unspecified atom stereocenters. The van der Waals surface area contributed by atoms with E-state index in [1.807, 2.05) is 0 Å². The van der Waals surface area contributed by atoms with Crippen LogP contribution in [0.1, 0.15) is 233 Å². The molecule has 1 aromatic heterocycles. The van der Waals surface area contributed by atoms with Crippen molar-refractivity contribution < 1.29 is 0 Å². The second kappa shape index (κ2) is 16.1. The Hall–Kier alpha value is -3.88. The molecule has 5 aromatic carbocycles. The molecule has 3 aliphatic rings. The van der Waals surface area contributed by atoms with Crippen LogP contribution in [0.15, 0.2) is 84.9 Å². The Bertz CT molecular complexity index is 2880. The summed E-state index contributed by atoms with van der Waals surface area (Å²) in [5, 5.41) is 1.52. The predicted molar refractivity (Wildman–Crippen MR) is 297 cm³/mol. The van der Waals surface area contributed by atoms with Crippen LogP contribution in [0.5, 0.6) is 0 Å². The summed E-state index contributed by atoms with van der Waals surface area (Å²) in [4.78, 5) is 1.63. The third-order valence-corrected chi connectivity index (χ3v) is 18.8. The average molecular weight is 907 g/mol. The van der Waals surface area contributed by atoms with Gasteiger partial charge in [-0.25, -0.2) is 0 Å². The number of hydrogen-bond acceptors (Lipinski definition) is 1. The van der Waals surface area contributed by atoms with Crippen LogP contribution in [0.4, 0.5) is 0 Å². The van der Waals surface area contributed by atoms with Gasteiger partial charge in [-0.2, -0.15) is 0 Å². The molecule has 2 heteroatoms. The van der Waals surface area contributed by atoms with Gasteiger partial charge in [-0.1, -0.05) is 214 Å². The molecule has 0 bridgehead atoms. The highest BCUT2D eigenvalue weighted by Crippen LogP contribution is 2.51. The lowest BCUT2D eigenvalue weighted by Crippen LogP contribution is -2.55. The number of fused-ring (bicyclic) bond motifs is 7. The highest BCUT2D eigenvalue weighted by molar-refractivity contribution is 7.22. The van der Waals surface area contributed by atoms with Crippen molar-refractivity contribution in [1.82, 2.24) is 0 Å². The first-order chi connectivity index (χ1) is 31.0. The Labute approximate surface area is 412 Å². The topological polar surface area (TPSA) is 0 Å². The molecule has 4 atom stereocenters. The third-order valence-electron chi connectivity index (χ3n) is 17.5. The SMILES string of the molecule is Cc1cc(C(C)(C)C)ccc1C(C)C1Cc2cc(C(C)(C)C)cc3c2B(c2cc(C(C)(C)C)ccc2[C@H](Cc2ccc(C(C)(C)C)cc2)C3C)c2c1sc1cc3c(cc21)C(C)(C)CCC3(C)C. The van der Waals surface area contributed by atoms with Crippen molar-refractivity contribution in [3.63, 3.8) is 0 Å². The van der Waals surface area contributed by atoms with E-state index in [4.69, 9.17) is 0 Å². The summed E-state index contributed by atoms with van der Waals surface area (Å²) < 4.78 is 1.49. The van der Waals surface area contributed by atoms with Crippen LogP contribution in [0.25, 0.3) is 10.1 Å². The normalized spacial score (nSPS) is 20.6. The van der Waals surface area contributed by atoms with Gasteiger partial charge >= 0.3 is 0 Å². The minimum absolute atomic E-state index is 0.0132. The quantitative estimate of drug-likeness (QED) is 0.155. The number of hydrogen-bond donors (Lipinski definition) is 0. The molecule has 0 N–H and O–H groups in total. The molecule has 0 saturated carbocycles. The largest absolute Gasteiger partial charge is 0.244 e. The first-order valence-corrected chi connectivity index (χ1v) is 26.9. The maximum absolute atomic E-state index is 2.75. The van der Waals surface area contributed by atoms with E-state index in [2.05, 4.69) is 228 Å².